The third kappa shape index (κ3) is 2.03. The molecule has 0 unspecified atom stereocenters. The highest BCUT2D eigenvalue weighted by molar-refractivity contribution is 5.96. The zero-order valence-electron chi connectivity index (χ0n) is 9.96. The Morgan fingerprint density at radius 1 is 1.50 bits per heavy atom. The van der Waals surface area contributed by atoms with Crippen molar-refractivity contribution in [3.8, 4) is 0 Å². The van der Waals surface area contributed by atoms with Gasteiger partial charge in [0.2, 0.25) is 0 Å². The van der Waals surface area contributed by atoms with Crippen LogP contribution in [0.4, 0.5) is 5.69 Å². The third-order valence-electron chi connectivity index (χ3n) is 3.16. The molecular weight excluding hydrogens is 198 g/mol. The highest BCUT2D eigenvalue weighted by atomic mass is 15.2. The van der Waals surface area contributed by atoms with E-state index in [1.807, 2.05) is 13.0 Å². The summed E-state index contributed by atoms with van der Waals surface area (Å²) in [5.41, 5.74) is 8.70. The van der Waals surface area contributed by atoms with E-state index in [4.69, 9.17) is 11.1 Å². The maximum Gasteiger partial charge on any atom is 0.123 e. The van der Waals surface area contributed by atoms with Crippen molar-refractivity contribution in [1.82, 2.24) is 0 Å². The van der Waals surface area contributed by atoms with Gasteiger partial charge in [-0.15, -0.1) is 0 Å². The van der Waals surface area contributed by atoms with E-state index >= 15 is 0 Å². The molecule has 2 rings (SSSR count). The average Bonchev–Trinajstić information content (AvgIpc) is 3.02. The van der Waals surface area contributed by atoms with E-state index < -0.39 is 0 Å². The summed E-state index contributed by atoms with van der Waals surface area (Å²) in [7, 11) is 0. The van der Waals surface area contributed by atoms with Gasteiger partial charge >= 0.3 is 0 Å². The number of anilines is 1. The quantitative estimate of drug-likeness (QED) is 0.600. The molecule has 0 aliphatic heterocycles. The largest absolute Gasteiger partial charge is 0.384 e. The first-order valence-electron chi connectivity index (χ1n) is 5.85. The predicted molar refractivity (Wildman–Crippen MR) is 68.2 cm³/mol. The number of nitrogens with zero attached hydrogens (tertiary/aromatic N) is 1. The van der Waals surface area contributed by atoms with E-state index in [1.54, 1.807) is 0 Å². The van der Waals surface area contributed by atoms with Crippen LogP contribution in [0, 0.1) is 12.3 Å². The van der Waals surface area contributed by atoms with E-state index in [0.29, 0.717) is 0 Å². The Labute approximate surface area is 96.8 Å². The monoisotopic (exact) mass is 217 g/mol. The van der Waals surface area contributed by atoms with Gasteiger partial charge in [0.25, 0.3) is 0 Å². The summed E-state index contributed by atoms with van der Waals surface area (Å²) in [6, 6.07) is 6.90. The van der Waals surface area contributed by atoms with E-state index in [2.05, 4.69) is 24.0 Å². The Morgan fingerprint density at radius 3 is 2.62 bits per heavy atom. The SMILES string of the molecule is CCN(c1ccc(C(=N)N)c(C)c1)C1CC1. The standard InChI is InChI=1S/C13H19N3/c1-3-16(10-4-5-10)11-6-7-12(13(14)15)9(2)8-11/h6-8,10H,3-5H2,1-2H3,(H3,14,15). The zero-order valence-corrected chi connectivity index (χ0v) is 9.96. The molecule has 86 valence electrons. The lowest BCUT2D eigenvalue weighted by Gasteiger charge is -2.23. The molecule has 1 aromatic rings. The normalized spacial score (nSPS) is 14.9. The summed E-state index contributed by atoms with van der Waals surface area (Å²) < 4.78 is 0. The fraction of sp³-hybridized carbons (Fsp3) is 0.462. The number of hydrogen-bond donors (Lipinski definition) is 2. The molecule has 3 heteroatoms. The Hall–Kier alpha value is -1.51. The number of nitrogen functional groups attached to an aromatic ring is 1. The summed E-state index contributed by atoms with van der Waals surface area (Å²) in [5, 5.41) is 7.46. The molecule has 0 spiro atoms. The molecule has 1 saturated carbocycles. The Bertz CT molecular complexity index is 408. The van der Waals surface area contributed by atoms with Crippen LogP contribution in [0.15, 0.2) is 18.2 Å². The van der Waals surface area contributed by atoms with Gasteiger partial charge in [0.15, 0.2) is 0 Å². The summed E-state index contributed by atoms with van der Waals surface area (Å²) in [6.07, 6.45) is 2.61. The average molecular weight is 217 g/mol. The Morgan fingerprint density at radius 2 is 2.19 bits per heavy atom. The van der Waals surface area contributed by atoms with E-state index in [1.165, 1.54) is 18.5 Å². The number of hydrogen-bond acceptors (Lipinski definition) is 2. The van der Waals surface area contributed by atoms with Crippen molar-refractivity contribution in [3.63, 3.8) is 0 Å². The van der Waals surface area contributed by atoms with Gasteiger partial charge in [0, 0.05) is 23.8 Å². The summed E-state index contributed by atoms with van der Waals surface area (Å²) >= 11 is 0. The van der Waals surface area contributed by atoms with Gasteiger partial charge in [-0.05, 0) is 50.5 Å². The van der Waals surface area contributed by atoms with Crippen LogP contribution in [0.25, 0.3) is 0 Å². The maximum atomic E-state index is 7.46. The molecule has 1 aliphatic carbocycles. The van der Waals surface area contributed by atoms with Crippen LogP contribution in [0.2, 0.25) is 0 Å². The molecule has 3 N–H and O–H groups in total. The number of nitrogens with two attached hydrogens (primary N) is 1. The van der Waals surface area contributed by atoms with Gasteiger partial charge in [-0.2, -0.15) is 0 Å². The maximum absolute atomic E-state index is 7.46. The summed E-state index contributed by atoms with van der Waals surface area (Å²) in [4.78, 5) is 2.43. The lowest BCUT2D eigenvalue weighted by Crippen LogP contribution is -2.25. The van der Waals surface area contributed by atoms with Gasteiger partial charge in [-0.25, -0.2) is 0 Å². The Kier molecular flexibility index (Phi) is 2.86. The highest BCUT2D eigenvalue weighted by Gasteiger charge is 2.28. The summed E-state index contributed by atoms with van der Waals surface area (Å²) in [6.45, 7) is 5.25. The molecule has 1 aromatic carbocycles. The van der Waals surface area contributed by atoms with Crippen LogP contribution in [0.3, 0.4) is 0 Å². The van der Waals surface area contributed by atoms with Crippen LogP contribution in [0.5, 0.6) is 0 Å². The summed E-state index contributed by atoms with van der Waals surface area (Å²) in [5.74, 6) is 0.151. The molecular formula is C13H19N3. The number of rotatable bonds is 4. The molecule has 1 fully saturated rings. The molecule has 0 aromatic heterocycles. The first kappa shape index (κ1) is 11.0. The van der Waals surface area contributed by atoms with Crippen molar-refractivity contribution < 1.29 is 0 Å². The number of nitrogens with one attached hydrogen (secondary N) is 1. The molecule has 0 saturated heterocycles. The van der Waals surface area contributed by atoms with Gasteiger partial charge < -0.3 is 10.6 Å². The minimum Gasteiger partial charge on any atom is -0.384 e. The fourth-order valence-corrected chi connectivity index (χ4v) is 2.17. The lowest BCUT2D eigenvalue weighted by molar-refractivity contribution is 0.826. The van der Waals surface area contributed by atoms with Crippen LogP contribution in [-0.2, 0) is 0 Å². The second-order valence-electron chi connectivity index (χ2n) is 4.43. The number of benzene rings is 1. The van der Waals surface area contributed by atoms with Crippen molar-refractivity contribution in [2.24, 2.45) is 5.73 Å². The molecule has 1 aliphatic rings. The minimum absolute atomic E-state index is 0.151. The van der Waals surface area contributed by atoms with Gasteiger partial charge in [-0.3, -0.25) is 5.41 Å². The first-order chi connectivity index (χ1) is 7.63. The minimum atomic E-state index is 0.151. The van der Waals surface area contributed by atoms with Crippen molar-refractivity contribution >= 4 is 11.5 Å². The molecule has 16 heavy (non-hydrogen) atoms. The van der Waals surface area contributed by atoms with Crippen molar-refractivity contribution in [2.75, 3.05) is 11.4 Å². The third-order valence-corrected chi connectivity index (χ3v) is 3.16. The van der Waals surface area contributed by atoms with Crippen LogP contribution >= 0.6 is 0 Å². The molecule has 3 nitrogen and oxygen atoms in total. The zero-order chi connectivity index (χ0) is 11.7. The first-order valence-corrected chi connectivity index (χ1v) is 5.85. The van der Waals surface area contributed by atoms with E-state index in [0.717, 1.165) is 23.7 Å². The van der Waals surface area contributed by atoms with Crippen LogP contribution < -0.4 is 10.6 Å². The number of amidine groups is 1. The molecule has 0 bridgehead atoms. The van der Waals surface area contributed by atoms with E-state index in [-0.39, 0.29) is 5.84 Å². The van der Waals surface area contributed by atoms with Gasteiger partial charge in [0.05, 0.1) is 0 Å². The molecule has 0 heterocycles. The van der Waals surface area contributed by atoms with Crippen molar-refractivity contribution in [3.05, 3.63) is 29.3 Å². The van der Waals surface area contributed by atoms with Crippen LogP contribution in [0.1, 0.15) is 30.9 Å². The van der Waals surface area contributed by atoms with Crippen LogP contribution in [-0.4, -0.2) is 18.4 Å². The lowest BCUT2D eigenvalue weighted by atomic mass is 10.1. The predicted octanol–water partition coefficient (Wildman–Crippen LogP) is 2.27. The second kappa shape index (κ2) is 4.16. The fourth-order valence-electron chi connectivity index (χ4n) is 2.17. The van der Waals surface area contributed by atoms with Gasteiger partial charge in [-0.1, -0.05) is 0 Å². The van der Waals surface area contributed by atoms with E-state index in [9.17, 15) is 0 Å². The smallest absolute Gasteiger partial charge is 0.123 e. The molecule has 0 radical (unpaired) electrons. The van der Waals surface area contributed by atoms with Crippen molar-refractivity contribution in [1.29, 1.82) is 5.41 Å². The molecule has 0 amide bonds. The second-order valence-corrected chi connectivity index (χ2v) is 4.43. The molecule has 0 atom stereocenters. The number of aryl methyl sites for hydroxylation is 1. The van der Waals surface area contributed by atoms with Crippen molar-refractivity contribution in [2.45, 2.75) is 32.7 Å². The Balaban J connectivity index is 2.28. The highest BCUT2D eigenvalue weighted by Crippen LogP contribution is 2.32. The van der Waals surface area contributed by atoms with Gasteiger partial charge in [0.1, 0.15) is 5.84 Å². The topological polar surface area (TPSA) is 53.1 Å².